The van der Waals surface area contributed by atoms with Gasteiger partial charge in [0.25, 0.3) is 0 Å². The lowest BCUT2D eigenvalue weighted by Gasteiger charge is -2.05. The zero-order chi connectivity index (χ0) is 20.1. The summed E-state index contributed by atoms with van der Waals surface area (Å²) in [6.45, 7) is -0.260. The van der Waals surface area contributed by atoms with Crippen LogP contribution < -0.4 is 0 Å². The van der Waals surface area contributed by atoms with Crippen LogP contribution in [0.1, 0.15) is 10.4 Å². The second kappa shape index (κ2) is 9.03. The third-order valence-electron chi connectivity index (χ3n) is 4.27. The molecule has 0 N–H and O–H groups in total. The number of hydrogen-bond acceptors (Lipinski definition) is 6. The molecule has 0 spiro atoms. The number of hydrogen-bond donors (Lipinski definition) is 0. The number of aromatic nitrogens is 1. The first kappa shape index (κ1) is 19.4. The zero-order valence-corrected chi connectivity index (χ0v) is 17.0. The Hall–Kier alpha value is -2.96. The van der Waals surface area contributed by atoms with E-state index in [0.29, 0.717) is 5.56 Å². The minimum absolute atomic E-state index is 0.125. The average Bonchev–Trinajstić information content (AvgIpc) is 3.20. The van der Waals surface area contributed by atoms with Gasteiger partial charge in [-0.2, -0.15) is 0 Å². The van der Waals surface area contributed by atoms with E-state index in [4.69, 9.17) is 4.74 Å². The van der Waals surface area contributed by atoms with Crippen molar-refractivity contribution in [3.05, 3.63) is 84.4 Å². The fourth-order valence-corrected chi connectivity index (χ4v) is 4.65. The Balaban J connectivity index is 1.28. The van der Waals surface area contributed by atoms with E-state index in [1.807, 2.05) is 66.7 Å². The van der Waals surface area contributed by atoms with E-state index < -0.39 is 5.97 Å². The van der Waals surface area contributed by atoms with E-state index in [1.165, 1.54) is 23.1 Å². The van der Waals surface area contributed by atoms with E-state index in [1.54, 1.807) is 12.1 Å². The van der Waals surface area contributed by atoms with Crippen LogP contribution in [0.25, 0.3) is 21.3 Å². The van der Waals surface area contributed by atoms with Gasteiger partial charge < -0.3 is 4.74 Å². The van der Waals surface area contributed by atoms with Gasteiger partial charge >= 0.3 is 5.97 Å². The van der Waals surface area contributed by atoms with Gasteiger partial charge in [0.05, 0.1) is 16.0 Å². The van der Waals surface area contributed by atoms with Gasteiger partial charge in [-0.3, -0.25) is 9.59 Å². The molecule has 1 heterocycles. The number of rotatable bonds is 7. The second-order valence-electron chi connectivity index (χ2n) is 6.26. The van der Waals surface area contributed by atoms with Crippen molar-refractivity contribution in [3.63, 3.8) is 0 Å². The van der Waals surface area contributed by atoms with E-state index >= 15 is 0 Å². The molecule has 0 radical (unpaired) electrons. The number of carbonyl (C=O) groups is 2. The molecule has 0 fully saturated rings. The Labute approximate surface area is 176 Å². The molecule has 4 aromatic rings. The first-order valence-corrected chi connectivity index (χ1v) is 10.8. The molecule has 0 aliphatic heterocycles. The van der Waals surface area contributed by atoms with Crippen LogP contribution in [0.3, 0.4) is 0 Å². The number of benzene rings is 3. The molecule has 0 aliphatic carbocycles. The van der Waals surface area contributed by atoms with Crippen molar-refractivity contribution in [1.82, 2.24) is 4.98 Å². The van der Waals surface area contributed by atoms with Gasteiger partial charge in [-0.25, -0.2) is 4.98 Å². The molecule has 0 saturated carbocycles. The summed E-state index contributed by atoms with van der Waals surface area (Å²) in [5.41, 5.74) is 3.56. The molecule has 0 unspecified atom stereocenters. The summed E-state index contributed by atoms with van der Waals surface area (Å²) in [6, 6.07) is 25.1. The Bertz CT molecular complexity index is 1100. The summed E-state index contributed by atoms with van der Waals surface area (Å²) in [5.74, 6) is -0.522. The predicted octanol–water partition coefficient (Wildman–Crippen LogP) is 5.48. The van der Waals surface area contributed by atoms with Crippen LogP contribution in [-0.4, -0.2) is 29.1 Å². The fourth-order valence-electron chi connectivity index (χ4n) is 2.78. The van der Waals surface area contributed by atoms with Gasteiger partial charge in [0.1, 0.15) is 0 Å². The molecule has 6 heteroatoms. The van der Waals surface area contributed by atoms with Crippen molar-refractivity contribution in [2.45, 2.75) is 4.34 Å². The van der Waals surface area contributed by atoms with Crippen LogP contribution in [0.4, 0.5) is 0 Å². The molecule has 1 aromatic heterocycles. The van der Waals surface area contributed by atoms with Crippen LogP contribution in [0, 0.1) is 0 Å². The second-order valence-corrected chi connectivity index (χ2v) is 8.52. The minimum atomic E-state index is -0.427. The van der Waals surface area contributed by atoms with Crippen molar-refractivity contribution in [2.75, 3.05) is 12.4 Å². The highest BCUT2D eigenvalue weighted by atomic mass is 32.2. The standard InChI is InChI=1S/C23H17NO3S2/c25-20(18-12-10-17(11-13-18)16-6-2-1-3-7-16)14-27-22(26)15-28-23-24-19-8-4-5-9-21(19)29-23/h1-13H,14-15H2. The summed E-state index contributed by atoms with van der Waals surface area (Å²) in [6.07, 6.45) is 0. The molecular formula is C23H17NO3S2. The molecule has 0 bridgehead atoms. The number of fused-ring (bicyclic) bond motifs is 1. The summed E-state index contributed by atoms with van der Waals surface area (Å²) < 4.78 is 7.03. The van der Waals surface area contributed by atoms with Crippen LogP contribution >= 0.6 is 23.1 Å². The third kappa shape index (κ3) is 4.91. The highest BCUT2D eigenvalue weighted by Gasteiger charge is 2.12. The molecular weight excluding hydrogens is 402 g/mol. The zero-order valence-electron chi connectivity index (χ0n) is 15.4. The molecule has 29 heavy (non-hydrogen) atoms. The van der Waals surface area contributed by atoms with Crippen molar-refractivity contribution < 1.29 is 14.3 Å². The largest absolute Gasteiger partial charge is 0.457 e. The first-order chi connectivity index (χ1) is 14.2. The molecule has 4 nitrogen and oxygen atoms in total. The average molecular weight is 420 g/mol. The number of ether oxygens (including phenoxy) is 1. The Morgan fingerprint density at radius 3 is 2.31 bits per heavy atom. The van der Waals surface area contributed by atoms with Crippen LogP contribution in [0.15, 0.2) is 83.2 Å². The molecule has 0 amide bonds. The number of Topliss-reactive ketones (excluding diaryl/α,β-unsaturated/α-hetero) is 1. The third-order valence-corrected chi connectivity index (χ3v) is 6.42. The lowest BCUT2D eigenvalue weighted by molar-refractivity contribution is -0.139. The van der Waals surface area contributed by atoms with Gasteiger partial charge in [0.2, 0.25) is 0 Å². The smallest absolute Gasteiger partial charge is 0.316 e. The number of thiazole rings is 1. The van der Waals surface area contributed by atoms with Gasteiger partial charge in [0, 0.05) is 5.56 Å². The SMILES string of the molecule is O=C(CSc1nc2ccccc2s1)OCC(=O)c1ccc(-c2ccccc2)cc1. The molecule has 0 aliphatic rings. The molecule has 0 atom stereocenters. The number of nitrogens with zero attached hydrogens (tertiary/aromatic N) is 1. The summed E-state index contributed by atoms with van der Waals surface area (Å²) in [7, 11) is 0. The number of para-hydroxylation sites is 1. The van der Waals surface area contributed by atoms with Crippen molar-refractivity contribution in [2.24, 2.45) is 0 Å². The quantitative estimate of drug-likeness (QED) is 0.225. The Kier molecular flexibility index (Phi) is 6.03. The van der Waals surface area contributed by atoms with Crippen LogP contribution in [0.2, 0.25) is 0 Å². The minimum Gasteiger partial charge on any atom is -0.457 e. The Morgan fingerprint density at radius 1 is 0.862 bits per heavy atom. The monoisotopic (exact) mass is 419 g/mol. The van der Waals surface area contributed by atoms with E-state index in [-0.39, 0.29) is 18.1 Å². The number of carbonyl (C=O) groups excluding carboxylic acids is 2. The summed E-state index contributed by atoms with van der Waals surface area (Å²) in [5, 5.41) is 0. The van der Waals surface area contributed by atoms with Crippen LogP contribution in [0.5, 0.6) is 0 Å². The van der Waals surface area contributed by atoms with Crippen molar-refractivity contribution in [1.29, 1.82) is 0 Å². The summed E-state index contributed by atoms with van der Waals surface area (Å²) in [4.78, 5) is 28.7. The normalized spacial score (nSPS) is 10.8. The lowest BCUT2D eigenvalue weighted by Crippen LogP contribution is -2.15. The van der Waals surface area contributed by atoms with Gasteiger partial charge in [0.15, 0.2) is 16.7 Å². The van der Waals surface area contributed by atoms with Crippen LogP contribution in [-0.2, 0) is 9.53 Å². The maximum atomic E-state index is 12.3. The number of ketones is 1. The summed E-state index contributed by atoms with van der Waals surface area (Å²) >= 11 is 2.86. The van der Waals surface area contributed by atoms with Gasteiger partial charge in [-0.1, -0.05) is 78.5 Å². The fraction of sp³-hybridized carbons (Fsp3) is 0.0870. The number of thioether (sulfide) groups is 1. The van der Waals surface area contributed by atoms with Gasteiger partial charge in [-0.15, -0.1) is 11.3 Å². The van der Waals surface area contributed by atoms with E-state index in [0.717, 1.165) is 25.7 Å². The predicted molar refractivity (Wildman–Crippen MR) is 118 cm³/mol. The van der Waals surface area contributed by atoms with Crippen molar-refractivity contribution in [3.8, 4) is 11.1 Å². The highest BCUT2D eigenvalue weighted by molar-refractivity contribution is 8.01. The maximum Gasteiger partial charge on any atom is 0.316 e. The molecule has 0 saturated heterocycles. The molecule has 3 aromatic carbocycles. The number of esters is 1. The molecule has 4 rings (SSSR count). The lowest BCUT2D eigenvalue weighted by atomic mass is 10.0. The highest BCUT2D eigenvalue weighted by Crippen LogP contribution is 2.29. The first-order valence-electron chi connectivity index (χ1n) is 9.02. The van der Waals surface area contributed by atoms with E-state index in [9.17, 15) is 9.59 Å². The van der Waals surface area contributed by atoms with Gasteiger partial charge in [-0.05, 0) is 23.3 Å². The topological polar surface area (TPSA) is 56.3 Å². The Morgan fingerprint density at radius 2 is 1.55 bits per heavy atom. The van der Waals surface area contributed by atoms with E-state index in [2.05, 4.69) is 4.98 Å². The molecule has 144 valence electrons. The van der Waals surface area contributed by atoms with Crippen molar-refractivity contribution >= 4 is 45.1 Å². The maximum absolute atomic E-state index is 12.3.